The van der Waals surface area contributed by atoms with E-state index in [9.17, 15) is 9.18 Å². The normalized spacial score (nSPS) is 14.0. The molecule has 2 N–H and O–H groups in total. The minimum atomic E-state index is -0.538. The van der Waals surface area contributed by atoms with Crippen LogP contribution in [0.3, 0.4) is 0 Å². The van der Waals surface area contributed by atoms with E-state index in [1.807, 2.05) is 17.8 Å². The first kappa shape index (κ1) is 18.2. The maximum Gasteiger partial charge on any atom is 0.320 e. The summed E-state index contributed by atoms with van der Waals surface area (Å²) >= 11 is 1.93. The van der Waals surface area contributed by atoms with Crippen molar-refractivity contribution in [3.63, 3.8) is 0 Å². The molecule has 28 heavy (non-hydrogen) atoms. The summed E-state index contributed by atoms with van der Waals surface area (Å²) in [5.74, 6) is 1.99. The second-order valence-electron chi connectivity index (χ2n) is 6.00. The fraction of sp³-hybridized carbons (Fsp3) is 0.222. The molecule has 0 bridgehead atoms. The average molecular weight is 400 g/mol. The van der Waals surface area contributed by atoms with E-state index in [2.05, 4.69) is 30.7 Å². The highest BCUT2D eigenvalue weighted by atomic mass is 32.2. The Morgan fingerprint density at radius 1 is 1.07 bits per heavy atom. The first-order valence-electron chi connectivity index (χ1n) is 8.63. The summed E-state index contributed by atoms with van der Waals surface area (Å²) in [6, 6.07) is 9.34. The van der Waals surface area contributed by atoms with Crippen LogP contribution in [-0.2, 0) is 0 Å². The lowest BCUT2D eigenvalue weighted by molar-refractivity contribution is 0.0991. The van der Waals surface area contributed by atoms with Crippen molar-refractivity contribution in [3.8, 4) is 0 Å². The summed E-state index contributed by atoms with van der Waals surface area (Å²) in [4.78, 5) is 18.9. The molecule has 1 aromatic carbocycles. The largest absolute Gasteiger partial charge is 0.399 e. The molecule has 144 valence electrons. The summed E-state index contributed by atoms with van der Waals surface area (Å²) in [6.07, 6.45) is 1.60. The molecule has 4 rings (SSSR count). The molecule has 1 fully saturated rings. The fourth-order valence-corrected chi connectivity index (χ4v) is 3.55. The molecule has 0 atom stereocenters. The zero-order valence-corrected chi connectivity index (χ0v) is 15.6. The van der Waals surface area contributed by atoms with Gasteiger partial charge in [-0.1, -0.05) is 5.10 Å². The molecule has 3 heterocycles. The molecule has 1 aliphatic rings. The number of anilines is 4. The third-order valence-corrected chi connectivity index (χ3v) is 5.00. The van der Waals surface area contributed by atoms with Crippen LogP contribution in [0.4, 0.5) is 27.6 Å². The van der Waals surface area contributed by atoms with E-state index < -0.39 is 5.91 Å². The molecule has 0 aliphatic carbocycles. The van der Waals surface area contributed by atoms with Gasteiger partial charge in [0.2, 0.25) is 0 Å². The molecule has 1 aliphatic heterocycles. The van der Waals surface area contributed by atoms with Gasteiger partial charge in [0, 0.05) is 30.3 Å². The van der Waals surface area contributed by atoms with Crippen LogP contribution in [0.25, 0.3) is 0 Å². The molecule has 10 heteroatoms. The van der Waals surface area contributed by atoms with E-state index in [1.54, 1.807) is 12.3 Å². The van der Waals surface area contributed by atoms with Crippen molar-refractivity contribution in [2.45, 2.75) is 0 Å². The Morgan fingerprint density at radius 2 is 1.82 bits per heavy atom. The van der Waals surface area contributed by atoms with Crippen LogP contribution >= 0.6 is 11.8 Å². The molecular formula is C18H17FN6O2S. The SMILES string of the molecule is O=C(Nc1ccc(N2CCSCC2)nc1)c1nnc(Nc2ccc(F)cc2)o1. The minimum absolute atomic E-state index is 0.0354. The predicted molar refractivity (Wildman–Crippen MR) is 106 cm³/mol. The molecule has 0 saturated carbocycles. The molecule has 0 radical (unpaired) electrons. The van der Waals surface area contributed by atoms with Crippen LogP contribution in [0.5, 0.6) is 0 Å². The number of hydrogen-bond donors (Lipinski definition) is 2. The lowest BCUT2D eigenvalue weighted by atomic mass is 10.3. The van der Waals surface area contributed by atoms with E-state index in [0.29, 0.717) is 11.4 Å². The van der Waals surface area contributed by atoms with Gasteiger partial charge >= 0.3 is 17.8 Å². The highest BCUT2D eigenvalue weighted by Crippen LogP contribution is 2.20. The maximum atomic E-state index is 12.9. The number of rotatable bonds is 5. The molecule has 2 aromatic heterocycles. The number of aromatic nitrogens is 3. The maximum absolute atomic E-state index is 12.9. The Labute approximate surface area is 164 Å². The Balaban J connectivity index is 1.37. The molecule has 0 spiro atoms. The van der Waals surface area contributed by atoms with Gasteiger partial charge in [-0.05, 0) is 36.4 Å². The van der Waals surface area contributed by atoms with Crippen molar-refractivity contribution in [3.05, 3.63) is 54.3 Å². The second-order valence-corrected chi connectivity index (χ2v) is 7.23. The van der Waals surface area contributed by atoms with Crippen LogP contribution in [0.15, 0.2) is 47.0 Å². The van der Waals surface area contributed by atoms with Gasteiger partial charge in [-0.15, -0.1) is 5.10 Å². The van der Waals surface area contributed by atoms with Gasteiger partial charge in [0.1, 0.15) is 11.6 Å². The lowest BCUT2D eigenvalue weighted by Gasteiger charge is -2.27. The number of nitrogens with zero attached hydrogens (tertiary/aromatic N) is 4. The fourth-order valence-electron chi connectivity index (χ4n) is 2.65. The van der Waals surface area contributed by atoms with Crippen LogP contribution < -0.4 is 15.5 Å². The molecule has 3 aromatic rings. The highest BCUT2D eigenvalue weighted by molar-refractivity contribution is 7.99. The topological polar surface area (TPSA) is 96.2 Å². The zero-order valence-electron chi connectivity index (χ0n) is 14.8. The van der Waals surface area contributed by atoms with E-state index in [1.165, 1.54) is 24.3 Å². The van der Waals surface area contributed by atoms with Crippen LogP contribution in [-0.4, -0.2) is 45.7 Å². The third kappa shape index (κ3) is 4.39. The molecule has 1 amide bonds. The van der Waals surface area contributed by atoms with Crippen LogP contribution in [0, 0.1) is 5.82 Å². The Hall–Kier alpha value is -3.14. The van der Waals surface area contributed by atoms with Crippen molar-refractivity contribution in [2.24, 2.45) is 0 Å². The number of carbonyl (C=O) groups excluding carboxylic acids is 1. The first-order valence-corrected chi connectivity index (χ1v) is 9.79. The van der Waals surface area contributed by atoms with Crippen molar-refractivity contribution < 1.29 is 13.6 Å². The van der Waals surface area contributed by atoms with E-state index in [0.717, 1.165) is 30.4 Å². The van der Waals surface area contributed by atoms with E-state index in [4.69, 9.17) is 4.42 Å². The number of hydrogen-bond acceptors (Lipinski definition) is 8. The molecular weight excluding hydrogens is 383 g/mol. The van der Waals surface area contributed by atoms with Crippen molar-refractivity contribution in [2.75, 3.05) is 40.1 Å². The zero-order chi connectivity index (χ0) is 19.3. The summed E-state index contributed by atoms with van der Waals surface area (Å²) in [5, 5.41) is 13.0. The summed E-state index contributed by atoms with van der Waals surface area (Å²) in [7, 11) is 0. The molecule has 1 saturated heterocycles. The lowest BCUT2D eigenvalue weighted by Crippen LogP contribution is -2.33. The number of carbonyl (C=O) groups is 1. The monoisotopic (exact) mass is 400 g/mol. The minimum Gasteiger partial charge on any atom is -0.399 e. The number of pyridine rings is 1. The smallest absolute Gasteiger partial charge is 0.320 e. The summed E-state index contributed by atoms with van der Waals surface area (Å²) in [5.41, 5.74) is 1.10. The second kappa shape index (κ2) is 8.26. The first-order chi connectivity index (χ1) is 13.7. The summed E-state index contributed by atoms with van der Waals surface area (Å²) < 4.78 is 18.2. The summed E-state index contributed by atoms with van der Waals surface area (Å²) in [6.45, 7) is 1.93. The Kier molecular flexibility index (Phi) is 5.38. The van der Waals surface area contributed by atoms with Gasteiger partial charge in [-0.2, -0.15) is 11.8 Å². The Bertz CT molecular complexity index is 941. The van der Waals surface area contributed by atoms with Crippen LogP contribution in [0.1, 0.15) is 10.7 Å². The highest BCUT2D eigenvalue weighted by Gasteiger charge is 2.16. The van der Waals surface area contributed by atoms with E-state index in [-0.39, 0.29) is 17.7 Å². The number of thioether (sulfide) groups is 1. The van der Waals surface area contributed by atoms with Gasteiger partial charge in [-0.3, -0.25) is 4.79 Å². The predicted octanol–water partition coefficient (Wildman–Crippen LogP) is 3.15. The molecule has 0 unspecified atom stereocenters. The van der Waals surface area contributed by atoms with Crippen molar-refractivity contribution in [1.82, 2.24) is 15.2 Å². The van der Waals surface area contributed by atoms with Gasteiger partial charge < -0.3 is 20.0 Å². The number of halogens is 1. The standard InChI is InChI=1S/C18H17FN6O2S/c19-12-1-3-13(4-2-12)22-18-24-23-17(27-18)16(26)21-14-5-6-15(20-11-14)25-7-9-28-10-8-25/h1-6,11H,7-10H2,(H,21,26)(H,22,24). The number of benzene rings is 1. The Morgan fingerprint density at radius 3 is 2.54 bits per heavy atom. The average Bonchev–Trinajstić information content (AvgIpc) is 3.20. The molecule has 8 nitrogen and oxygen atoms in total. The van der Waals surface area contributed by atoms with Crippen molar-refractivity contribution >= 4 is 40.9 Å². The number of nitrogens with one attached hydrogen (secondary N) is 2. The van der Waals surface area contributed by atoms with Gasteiger partial charge in [0.25, 0.3) is 0 Å². The van der Waals surface area contributed by atoms with E-state index >= 15 is 0 Å². The third-order valence-electron chi connectivity index (χ3n) is 4.06. The van der Waals surface area contributed by atoms with Gasteiger partial charge in [0.05, 0.1) is 11.9 Å². The van der Waals surface area contributed by atoms with Gasteiger partial charge in [-0.25, -0.2) is 9.37 Å². The number of amides is 1. The van der Waals surface area contributed by atoms with Crippen LogP contribution in [0.2, 0.25) is 0 Å². The van der Waals surface area contributed by atoms with Crippen molar-refractivity contribution in [1.29, 1.82) is 0 Å². The quantitative estimate of drug-likeness (QED) is 0.674. The van der Waals surface area contributed by atoms with Gasteiger partial charge in [0.15, 0.2) is 0 Å².